The van der Waals surface area contributed by atoms with Crippen LogP contribution in [0.15, 0.2) is 96.6 Å². The number of allylic oxidation sites excluding steroid dienone is 4. The van der Waals surface area contributed by atoms with E-state index in [0.717, 1.165) is 40.8 Å². The molecule has 28 heteroatoms. The fourth-order valence-corrected chi connectivity index (χ4v) is 16.3. The summed E-state index contributed by atoms with van der Waals surface area (Å²) in [5, 5.41) is 25.8. The number of rotatable bonds is 40. The molecule has 109 heavy (non-hydrogen) atoms. The van der Waals surface area contributed by atoms with Gasteiger partial charge in [-0.1, -0.05) is 119 Å². The highest BCUT2D eigenvalue weighted by atomic mass is 16.7. The van der Waals surface area contributed by atoms with E-state index in [4.69, 9.17) is 43.6 Å². The number of urea groups is 1. The second kappa shape index (κ2) is 40.2. The maximum absolute atomic E-state index is 14.9. The lowest BCUT2D eigenvalue weighted by Crippen LogP contribution is -2.63. The van der Waals surface area contributed by atoms with Crippen molar-refractivity contribution < 1.29 is 90.9 Å². The van der Waals surface area contributed by atoms with E-state index in [1.54, 1.807) is 69.0 Å². The fraction of sp³-hybridized carbons (Fsp3) is 0.580. The lowest BCUT2D eigenvalue weighted by molar-refractivity contribution is -0.200. The number of nitrogens with one attached hydrogen (secondary N) is 5. The quantitative estimate of drug-likeness (QED) is 0.0266. The number of nitrogens with zero attached hydrogens (tertiary/aromatic N) is 3. The first-order chi connectivity index (χ1) is 52.4. The Bertz CT molecular complexity index is 3760. The van der Waals surface area contributed by atoms with Gasteiger partial charge in [-0.15, -0.1) is 0 Å². The Morgan fingerprint density at radius 3 is 2.06 bits per heavy atom. The van der Waals surface area contributed by atoms with Gasteiger partial charge in [0.1, 0.15) is 18.7 Å². The number of aliphatic hydroxyl groups excluding tert-OH is 1. The topological polar surface area (TPSA) is 361 Å². The molecular formula is C81H111N9O19. The van der Waals surface area contributed by atoms with Crippen molar-refractivity contribution in [2.24, 2.45) is 40.2 Å². The third kappa shape index (κ3) is 21.6. The summed E-state index contributed by atoms with van der Waals surface area (Å²) in [5.74, 6) is -3.07. The van der Waals surface area contributed by atoms with E-state index in [9.17, 15) is 53.1 Å². The molecule has 3 unspecified atom stereocenters. The van der Waals surface area contributed by atoms with Crippen LogP contribution in [-0.2, 0) is 84.6 Å². The van der Waals surface area contributed by atoms with Crippen LogP contribution in [0.2, 0.25) is 0 Å². The van der Waals surface area contributed by atoms with Crippen LogP contribution in [0.25, 0.3) is 12.2 Å². The van der Waals surface area contributed by atoms with E-state index in [1.807, 2.05) is 74.5 Å². The summed E-state index contributed by atoms with van der Waals surface area (Å²) in [6, 6.07) is 19.3. The average molecular weight is 1510 g/mol. The summed E-state index contributed by atoms with van der Waals surface area (Å²) in [6.07, 6.45) is 9.82. The number of benzene rings is 3. The number of carbonyl (C=O) groups excluding carboxylic acids is 10. The van der Waals surface area contributed by atoms with Crippen molar-refractivity contribution in [3.63, 3.8) is 0 Å². The number of hydrogen-bond acceptors (Lipinski definition) is 19. The van der Waals surface area contributed by atoms with Crippen LogP contribution in [0, 0.1) is 34.5 Å². The number of anilines is 2. The van der Waals surface area contributed by atoms with Gasteiger partial charge in [0, 0.05) is 81.0 Å². The zero-order chi connectivity index (χ0) is 78.3. The van der Waals surface area contributed by atoms with Crippen LogP contribution < -0.4 is 37.2 Å². The third-order valence-electron chi connectivity index (χ3n) is 22.0. The molecule has 3 aromatic rings. The first-order valence-corrected chi connectivity index (χ1v) is 38.5. The van der Waals surface area contributed by atoms with Gasteiger partial charge in [0.15, 0.2) is 24.3 Å². The molecule has 2 aliphatic heterocycles. The maximum atomic E-state index is 14.9. The molecule has 6 aliphatic rings. The van der Waals surface area contributed by atoms with Crippen molar-refractivity contribution >= 4 is 82.8 Å². The summed E-state index contributed by atoms with van der Waals surface area (Å²) in [6.45, 7) is 15.8. The number of ketones is 2. The molecule has 0 aromatic heterocycles. The number of ether oxygens (including phenoxy) is 8. The van der Waals surface area contributed by atoms with Crippen LogP contribution in [0.3, 0.4) is 0 Å². The highest BCUT2D eigenvalue weighted by molar-refractivity contribution is 6.02. The van der Waals surface area contributed by atoms with Crippen molar-refractivity contribution in [3.8, 4) is 0 Å². The normalized spacial score (nSPS) is 23.6. The summed E-state index contributed by atoms with van der Waals surface area (Å²) < 4.78 is 47.2. The van der Waals surface area contributed by atoms with Gasteiger partial charge in [0.25, 0.3) is 0 Å². The second-order valence-electron chi connectivity index (χ2n) is 29.4. The van der Waals surface area contributed by atoms with Crippen molar-refractivity contribution in [1.29, 1.82) is 0 Å². The SMILES string of the molecule is CCCC1O[C@@H]2CC3[C@@H]4CCC5=CC(=O)C=C[C@]5(C)C4[C@@H](O)C[C@]3(C)[C@]2(C(=O)COC(=O)N(CC)CCN(CC)C(=O)OCc2ccc(NC(=O)[C@H](CCCNC(N)=O)NC(=O)[C@@H](NC(=O)CCOCCOCCOCCOCCNC(=O)CCC(=O)N3Cc4ccccc4/C=C\c4ccccc43)C(C)C)cc2)O1. The number of nitrogens with two attached hydrogens (primary N) is 1. The molecule has 9 amide bonds. The van der Waals surface area contributed by atoms with Gasteiger partial charge in [-0.25, -0.2) is 14.4 Å². The standard InChI is InChI=1S/C81H111N9O19/c1-8-16-71-108-67-48-62-61-29-26-58-47-60(91)32-34-79(58,6)72(61)65(92)49-80(62,7)81(67,109-71)66(93)52-107-78(101)89(10-3)38-37-88(9-2)77(100)106-51-54-22-27-59(28-23-54)85-74(97)63(20-15-35-84-76(82)99)86-75(98)73(53(4)5)87-69(95)33-39-102-41-43-104-45-46-105-44-42-103-40-36-83-68(94)30-31-70(96)90-50-57-19-12-11-17-55(57)24-25-56-18-13-14-21-64(56)90/h11-14,17-19,21-25,27-28,32,34,47,53,61-63,65,67,71-73,92H,8-10,15-16,20,26,29-31,33,35-46,48-52H2,1-7H3,(H,83,94)(H,85,97)(H,86,98)(H,87,95)(H3,82,84,99)/b25-24-/t61-,62?,63-,65-,67+,71?,72?,73-,79-,80-,81+/m0/s1. The van der Waals surface area contributed by atoms with Crippen LogP contribution in [0.5, 0.6) is 0 Å². The van der Waals surface area contributed by atoms with Gasteiger partial charge < -0.3 is 90.0 Å². The van der Waals surface area contributed by atoms with Gasteiger partial charge in [0.2, 0.25) is 35.3 Å². The lowest BCUT2D eigenvalue weighted by Gasteiger charge is -2.59. The minimum absolute atomic E-state index is 0.0175. The van der Waals surface area contributed by atoms with E-state index in [0.29, 0.717) is 63.5 Å². The van der Waals surface area contributed by atoms with Crippen LogP contribution in [0.1, 0.15) is 141 Å². The Morgan fingerprint density at radius 1 is 0.725 bits per heavy atom. The van der Waals surface area contributed by atoms with E-state index in [1.165, 1.54) is 9.80 Å². The van der Waals surface area contributed by atoms with Gasteiger partial charge in [-0.2, -0.15) is 0 Å². The third-order valence-corrected chi connectivity index (χ3v) is 22.0. The average Bonchev–Trinajstić information content (AvgIpc) is 1.53. The minimum Gasteiger partial charge on any atom is -0.445 e. The molecule has 4 aliphatic carbocycles. The Balaban J connectivity index is 0.638. The fourth-order valence-electron chi connectivity index (χ4n) is 16.3. The number of aliphatic hydroxyl groups is 1. The zero-order valence-corrected chi connectivity index (χ0v) is 64.0. The number of amides is 9. The van der Waals surface area contributed by atoms with Gasteiger partial charge in [0.05, 0.1) is 77.3 Å². The maximum Gasteiger partial charge on any atom is 0.410 e. The molecule has 0 bridgehead atoms. The smallest absolute Gasteiger partial charge is 0.410 e. The summed E-state index contributed by atoms with van der Waals surface area (Å²) in [5.41, 5.74) is 8.22. The molecule has 11 atom stereocenters. The molecule has 0 radical (unpaired) electrons. The Hall–Kier alpha value is -8.90. The number of Topliss-reactive ketones (excluding diaryl/α,β-unsaturated/α-hetero) is 1. The monoisotopic (exact) mass is 1510 g/mol. The first-order valence-electron chi connectivity index (χ1n) is 38.5. The molecule has 9 rings (SSSR count). The molecular weight excluding hydrogens is 1400 g/mol. The molecule has 8 N–H and O–H groups in total. The number of hydrogen-bond donors (Lipinski definition) is 7. The Labute approximate surface area is 638 Å². The predicted molar refractivity (Wildman–Crippen MR) is 406 cm³/mol. The van der Waals surface area contributed by atoms with Crippen molar-refractivity contribution in [1.82, 2.24) is 31.1 Å². The summed E-state index contributed by atoms with van der Waals surface area (Å²) >= 11 is 0. The van der Waals surface area contributed by atoms with Gasteiger partial charge >= 0.3 is 18.2 Å². The highest BCUT2D eigenvalue weighted by Gasteiger charge is 2.76. The van der Waals surface area contributed by atoms with Crippen molar-refractivity contribution in [2.45, 2.75) is 168 Å². The van der Waals surface area contributed by atoms with E-state index >= 15 is 0 Å². The number of primary amides is 1. The minimum atomic E-state index is -1.47. The molecule has 594 valence electrons. The van der Waals surface area contributed by atoms with E-state index in [-0.39, 0.29) is 152 Å². The molecule has 1 saturated heterocycles. The van der Waals surface area contributed by atoms with Gasteiger partial charge in [-0.05, 0) is 129 Å². The van der Waals surface area contributed by atoms with Crippen LogP contribution in [0.4, 0.5) is 25.8 Å². The van der Waals surface area contributed by atoms with Crippen LogP contribution >= 0.6 is 0 Å². The highest BCUT2D eigenvalue weighted by Crippen LogP contribution is 2.70. The van der Waals surface area contributed by atoms with Crippen molar-refractivity contribution in [3.05, 3.63) is 119 Å². The van der Waals surface area contributed by atoms with E-state index in [2.05, 4.69) is 39.6 Å². The lowest BCUT2D eigenvalue weighted by atomic mass is 9.46. The largest absolute Gasteiger partial charge is 0.445 e. The van der Waals surface area contributed by atoms with Gasteiger partial charge in [-0.3, -0.25) is 33.6 Å². The number of carbonyl (C=O) groups is 10. The summed E-state index contributed by atoms with van der Waals surface area (Å²) in [4.78, 5) is 138. The number of fused-ring (bicyclic) bond motifs is 9. The van der Waals surface area contributed by atoms with E-state index < -0.39 is 95.3 Å². The first kappa shape index (κ1) is 84.1. The van der Waals surface area contributed by atoms with Crippen LogP contribution in [-0.4, -0.2) is 209 Å². The Kier molecular flexibility index (Phi) is 31.0. The number of para-hydroxylation sites is 1. The zero-order valence-electron chi connectivity index (χ0n) is 64.0. The molecule has 3 aromatic carbocycles. The summed E-state index contributed by atoms with van der Waals surface area (Å²) in [7, 11) is 0. The molecule has 4 fully saturated rings. The molecule has 0 spiro atoms. The molecule has 28 nitrogen and oxygen atoms in total. The van der Waals surface area contributed by atoms with Crippen molar-refractivity contribution in [2.75, 3.05) is 109 Å². The molecule has 3 saturated carbocycles. The number of likely N-dealkylation sites (N-methyl/N-ethyl adjacent to an activating group) is 2. The Morgan fingerprint density at radius 2 is 1.38 bits per heavy atom. The molecule has 2 heterocycles. The predicted octanol–water partition coefficient (Wildman–Crippen LogP) is 7.92. The second-order valence-corrected chi connectivity index (χ2v) is 29.4.